The fourth-order valence-electron chi connectivity index (χ4n) is 3.65. The van der Waals surface area contributed by atoms with Crippen LogP contribution in [-0.2, 0) is 19.3 Å². The molecule has 0 saturated carbocycles. The lowest BCUT2D eigenvalue weighted by molar-refractivity contribution is 0.619. The zero-order chi connectivity index (χ0) is 20.2. The van der Waals surface area contributed by atoms with Crippen LogP contribution in [0.1, 0.15) is 30.0 Å². The summed E-state index contributed by atoms with van der Waals surface area (Å²) in [4.78, 5) is 4.56. The predicted octanol–water partition coefficient (Wildman–Crippen LogP) is 6.92. The van der Waals surface area contributed by atoms with E-state index >= 15 is 4.39 Å². The lowest BCUT2D eigenvalue weighted by Gasteiger charge is -2.09. The minimum absolute atomic E-state index is 0.178. The standard InChI is InChI=1S/C26H23F2N/c1-2-3-19-7-15-25(29-17-19)22-11-14-24-21(16-22)10-9-20(26(24)28)8-4-18-5-12-23(27)13-6-18/h5-7,9-17H,2-4,8H2,1H3. The van der Waals surface area contributed by atoms with E-state index in [1.165, 1.54) is 17.7 Å². The van der Waals surface area contributed by atoms with E-state index in [1.54, 1.807) is 12.1 Å². The van der Waals surface area contributed by atoms with Crippen LogP contribution >= 0.6 is 0 Å². The quantitative estimate of drug-likeness (QED) is 0.350. The maximum Gasteiger partial charge on any atom is 0.134 e. The number of benzene rings is 3. The van der Waals surface area contributed by atoms with Crippen molar-refractivity contribution in [3.05, 3.63) is 101 Å². The largest absolute Gasteiger partial charge is 0.256 e. The van der Waals surface area contributed by atoms with Crippen LogP contribution in [0, 0.1) is 11.6 Å². The molecule has 0 saturated heterocycles. The number of aromatic nitrogens is 1. The first-order valence-electron chi connectivity index (χ1n) is 10.0. The third-order valence-corrected chi connectivity index (χ3v) is 5.29. The van der Waals surface area contributed by atoms with Crippen LogP contribution in [0.2, 0.25) is 0 Å². The van der Waals surface area contributed by atoms with Crippen LogP contribution in [0.3, 0.4) is 0 Å². The second-order valence-corrected chi connectivity index (χ2v) is 7.40. The zero-order valence-electron chi connectivity index (χ0n) is 16.5. The highest BCUT2D eigenvalue weighted by Gasteiger charge is 2.10. The van der Waals surface area contributed by atoms with Crippen molar-refractivity contribution in [2.75, 3.05) is 0 Å². The van der Waals surface area contributed by atoms with Crippen molar-refractivity contribution < 1.29 is 8.78 Å². The van der Waals surface area contributed by atoms with Crippen molar-refractivity contribution in [3.63, 3.8) is 0 Å². The molecule has 1 aromatic heterocycles. The Hall–Kier alpha value is -3.07. The van der Waals surface area contributed by atoms with Gasteiger partial charge in [0, 0.05) is 17.1 Å². The first-order valence-corrected chi connectivity index (χ1v) is 10.0. The van der Waals surface area contributed by atoms with Crippen molar-refractivity contribution >= 4 is 10.8 Å². The fourth-order valence-corrected chi connectivity index (χ4v) is 3.65. The lowest BCUT2D eigenvalue weighted by atomic mass is 9.98. The number of hydrogen-bond donors (Lipinski definition) is 0. The van der Waals surface area contributed by atoms with E-state index in [4.69, 9.17) is 0 Å². The van der Waals surface area contributed by atoms with E-state index in [9.17, 15) is 4.39 Å². The number of halogens is 2. The molecule has 0 amide bonds. The first kappa shape index (κ1) is 19.3. The van der Waals surface area contributed by atoms with Crippen LogP contribution < -0.4 is 0 Å². The summed E-state index contributed by atoms with van der Waals surface area (Å²) >= 11 is 0. The topological polar surface area (TPSA) is 12.9 Å². The molecule has 0 unspecified atom stereocenters. The molecule has 1 nitrogen and oxygen atoms in total. The molecule has 1 heterocycles. The predicted molar refractivity (Wildman–Crippen MR) is 115 cm³/mol. The number of aryl methyl sites for hydroxylation is 3. The lowest BCUT2D eigenvalue weighted by Crippen LogP contribution is -1.96. The Balaban J connectivity index is 1.57. The average molecular weight is 387 g/mol. The Morgan fingerprint density at radius 2 is 1.55 bits per heavy atom. The molecule has 3 aromatic carbocycles. The van der Waals surface area contributed by atoms with Gasteiger partial charge in [0.25, 0.3) is 0 Å². The SMILES string of the molecule is CCCc1ccc(-c2ccc3c(F)c(CCc4ccc(F)cc4)ccc3c2)nc1. The molecule has 0 aliphatic heterocycles. The van der Waals surface area contributed by atoms with Gasteiger partial charge in [-0.1, -0.05) is 55.8 Å². The van der Waals surface area contributed by atoms with Crippen molar-refractivity contribution in [3.8, 4) is 11.3 Å². The Labute approximate surface area is 170 Å². The third-order valence-electron chi connectivity index (χ3n) is 5.29. The Bertz CT molecular complexity index is 1120. The van der Waals surface area contributed by atoms with Gasteiger partial charge in [0.2, 0.25) is 0 Å². The number of fused-ring (bicyclic) bond motifs is 1. The van der Waals surface area contributed by atoms with Gasteiger partial charge in [-0.25, -0.2) is 8.78 Å². The van der Waals surface area contributed by atoms with E-state index in [1.807, 2.05) is 42.6 Å². The summed E-state index contributed by atoms with van der Waals surface area (Å²) in [7, 11) is 0. The summed E-state index contributed by atoms with van der Waals surface area (Å²) < 4.78 is 28.1. The Morgan fingerprint density at radius 1 is 0.759 bits per heavy atom. The van der Waals surface area contributed by atoms with Crippen molar-refractivity contribution in [2.45, 2.75) is 32.6 Å². The van der Waals surface area contributed by atoms with Gasteiger partial charge in [0.05, 0.1) is 5.69 Å². The van der Waals surface area contributed by atoms with Gasteiger partial charge < -0.3 is 0 Å². The maximum atomic E-state index is 15.0. The molecule has 29 heavy (non-hydrogen) atoms. The van der Waals surface area contributed by atoms with E-state index in [-0.39, 0.29) is 11.6 Å². The molecule has 0 fully saturated rings. The normalized spacial score (nSPS) is 11.1. The summed E-state index contributed by atoms with van der Waals surface area (Å²) in [6.45, 7) is 2.15. The highest BCUT2D eigenvalue weighted by molar-refractivity contribution is 5.88. The van der Waals surface area contributed by atoms with Crippen LogP contribution in [0.4, 0.5) is 8.78 Å². The number of pyridine rings is 1. The van der Waals surface area contributed by atoms with Gasteiger partial charge in [-0.2, -0.15) is 0 Å². The van der Waals surface area contributed by atoms with E-state index < -0.39 is 0 Å². The minimum Gasteiger partial charge on any atom is -0.256 e. The minimum atomic E-state index is -0.254. The first-order chi connectivity index (χ1) is 14.1. The van der Waals surface area contributed by atoms with Gasteiger partial charge in [0.15, 0.2) is 0 Å². The number of nitrogens with zero attached hydrogens (tertiary/aromatic N) is 1. The van der Waals surface area contributed by atoms with Gasteiger partial charge in [-0.05, 0) is 65.6 Å². The second-order valence-electron chi connectivity index (χ2n) is 7.40. The zero-order valence-corrected chi connectivity index (χ0v) is 16.5. The van der Waals surface area contributed by atoms with Crippen molar-refractivity contribution in [1.82, 2.24) is 4.98 Å². The fraction of sp³-hybridized carbons (Fsp3) is 0.192. The average Bonchev–Trinajstić information content (AvgIpc) is 2.75. The van der Waals surface area contributed by atoms with E-state index in [0.717, 1.165) is 35.0 Å². The molecule has 146 valence electrons. The molecule has 0 N–H and O–H groups in total. The summed E-state index contributed by atoms with van der Waals surface area (Å²) in [5.41, 5.74) is 4.79. The Morgan fingerprint density at radius 3 is 2.28 bits per heavy atom. The van der Waals surface area contributed by atoms with Crippen LogP contribution in [-0.4, -0.2) is 4.98 Å². The second kappa shape index (κ2) is 8.52. The van der Waals surface area contributed by atoms with Crippen molar-refractivity contribution in [1.29, 1.82) is 0 Å². The molecular formula is C26H23F2N. The summed E-state index contributed by atoms with van der Waals surface area (Å²) in [6, 6.07) is 20.1. The summed E-state index contributed by atoms with van der Waals surface area (Å²) in [5.74, 6) is -0.432. The monoisotopic (exact) mass is 387 g/mol. The van der Waals surface area contributed by atoms with Gasteiger partial charge >= 0.3 is 0 Å². The molecule has 0 radical (unpaired) electrons. The maximum absolute atomic E-state index is 15.0. The molecule has 0 spiro atoms. The highest BCUT2D eigenvalue weighted by Crippen LogP contribution is 2.27. The number of hydrogen-bond acceptors (Lipinski definition) is 1. The smallest absolute Gasteiger partial charge is 0.134 e. The summed E-state index contributed by atoms with van der Waals surface area (Å²) in [6.07, 6.45) is 5.29. The molecule has 0 aliphatic rings. The number of rotatable bonds is 6. The summed E-state index contributed by atoms with van der Waals surface area (Å²) in [5, 5.41) is 1.48. The van der Waals surface area contributed by atoms with E-state index in [2.05, 4.69) is 18.0 Å². The van der Waals surface area contributed by atoms with Crippen molar-refractivity contribution in [2.24, 2.45) is 0 Å². The van der Waals surface area contributed by atoms with Crippen LogP contribution in [0.15, 0.2) is 72.9 Å². The molecule has 0 atom stereocenters. The highest BCUT2D eigenvalue weighted by atomic mass is 19.1. The third kappa shape index (κ3) is 4.34. The molecular weight excluding hydrogens is 364 g/mol. The van der Waals surface area contributed by atoms with Crippen LogP contribution in [0.25, 0.3) is 22.0 Å². The van der Waals surface area contributed by atoms with Gasteiger partial charge in [-0.3, -0.25) is 4.98 Å². The molecule has 0 aliphatic carbocycles. The molecule has 3 heteroatoms. The van der Waals surface area contributed by atoms with E-state index in [0.29, 0.717) is 23.8 Å². The molecule has 0 bridgehead atoms. The van der Waals surface area contributed by atoms with Gasteiger partial charge in [-0.15, -0.1) is 0 Å². The molecule has 4 rings (SSSR count). The van der Waals surface area contributed by atoms with Crippen LogP contribution in [0.5, 0.6) is 0 Å². The Kier molecular flexibility index (Phi) is 5.66. The van der Waals surface area contributed by atoms with Gasteiger partial charge in [0.1, 0.15) is 11.6 Å². The molecule has 4 aromatic rings.